The standard InChI is InChI=1S/C5H4F6O2.Ca/c1-2(12)3(6,7)4(8,13)5(9,10)11;/h2H,1H3;/q-2;+2. The molecule has 0 aliphatic carbocycles. The monoisotopic (exact) mass is 250 g/mol. The molecule has 0 spiro atoms. The van der Waals surface area contributed by atoms with Crippen LogP contribution < -0.4 is 10.2 Å². The number of halogens is 6. The number of hydrogen-bond acceptors (Lipinski definition) is 2. The predicted molar refractivity (Wildman–Crippen MR) is 30.1 cm³/mol. The van der Waals surface area contributed by atoms with Crippen LogP contribution in [0.5, 0.6) is 0 Å². The minimum absolute atomic E-state index is 0. The van der Waals surface area contributed by atoms with E-state index in [0.717, 1.165) is 0 Å². The molecule has 0 saturated carbocycles. The summed E-state index contributed by atoms with van der Waals surface area (Å²) >= 11 is 0. The van der Waals surface area contributed by atoms with Crippen molar-refractivity contribution in [2.24, 2.45) is 0 Å². The van der Waals surface area contributed by atoms with Gasteiger partial charge in [-0.15, -0.1) is 0 Å². The molecule has 9 heteroatoms. The molecule has 0 amide bonds. The van der Waals surface area contributed by atoms with Crippen molar-refractivity contribution in [2.75, 3.05) is 0 Å². The van der Waals surface area contributed by atoms with Crippen molar-refractivity contribution in [3.63, 3.8) is 0 Å². The van der Waals surface area contributed by atoms with Crippen LogP contribution in [0.3, 0.4) is 0 Å². The second-order valence-corrected chi connectivity index (χ2v) is 2.36. The summed E-state index contributed by atoms with van der Waals surface area (Å²) in [6.07, 6.45) is -9.58. The molecule has 80 valence electrons. The van der Waals surface area contributed by atoms with Gasteiger partial charge in [-0.05, 0) is 0 Å². The van der Waals surface area contributed by atoms with Gasteiger partial charge in [0, 0.05) is 0 Å². The molecule has 0 fully saturated rings. The van der Waals surface area contributed by atoms with Gasteiger partial charge in [0.1, 0.15) is 0 Å². The van der Waals surface area contributed by atoms with Gasteiger partial charge in [-0.1, -0.05) is 13.0 Å². The van der Waals surface area contributed by atoms with E-state index in [1.165, 1.54) is 0 Å². The number of rotatable bonds is 2. The van der Waals surface area contributed by atoms with E-state index < -0.39 is 24.1 Å². The fraction of sp³-hybridized carbons (Fsp3) is 1.00. The van der Waals surface area contributed by atoms with E-state index in [9.17, 15) is 36.6 Å². The van der Waals surface area contributed by atoms with Crippen molar-refractivity contribution in [1.29, 1.82) is 0 Å². The van der Waals surface area contributed by atoms with Gasteiger partial charge in [0.15, 0.2) is 5.85 Å². The Labute approximate surface area is 105 Å². The topological polar surface area (TPSA) is 46.1 Å². The second kappa shape index (κ2) is 4.73. The summed E-state index contributed by atoms with van der Waals surface area (Å²) in [5.41, 5.74) is 0. The number of alkyl halides is 6. The first-order chi connectivity index (χ1) is 5.44. The largest absolute Gasteiger partial charge is 2.00 e. The molecule has 0 N–H and O–H groups in total. The Bertz CT molecular complexity index is 189. The molecule has 0 aliphatic heterocycles. The van der Waals surface area contributed by atoms with Gasteiger partial charge < -0.3 is 10.2 Å². The van der Waals surface area contributed by atoms with Crippen LogP contribution >= 0.6 is 0 Å². The van der Waals surface area contributed by atoms with Crippen LogP contribution in [0.4, 0.5) is 26.3 Å². The zero-order chi connectivity index (χ0) is 11.1. The van der Waals surface area contributed by atoms with Crippen molar-refractivity contribution in [1.82, 2.24) is 0 Å². The van der Waals surface area contributed by atoms with E-state index in [-0.39, 0.29) is 44.7 Å². The summed E-state index contributed by atoms with van der Waals surface area (Å²) in [7, 11) is 0. The molecule has 14 heavy (non-hydrogen) atoms. The van der Waals surface area contributed by atoms with Crippen LogP contribution in [-0.2, 0) is 0 Å². The van der Waals surface area contributed by atoms with Crippen molar-refractivity contribution in [2.45, 2.75) is 31.0 Å². The summed E-state index contributed by atoms with van der Waals surface area (Å²) in [6.45, 7) is 0.0813. The molecule has 0 bridgehead atoms. The van der Waals surface area contributed by atoms with Crippen molar-refractivity contribution in [3.8, 4) is 0 Å². The average Bonchev–Trinajstić information content (AvgIpc) is 1.84. The Balaban J connectivity index is 0. The van der Waals surface area contributed by atoms with E-state index in [0.29, 0.717) is 0 Å². The summed E-state index contributed by atoms with van der Waals surface area (Å²) < 4.78 is 70.3. The van der Waals surface area contributed by atoms with Crippen LogP contribution in [-0.4, -0.2) is 61.8 Å². The normalized spacial score (nSPS) is 19.5. The average molecular weight is 250 g/mol. The third-order valence-electron chi connectivity index (χ3n) is 1.30. The molecule has 0 aromatic carbocycles. The number of hydrogen-bond donors (Lipinski definition) is 0. The zero-order valence-corrected chi connectivity index (χ0v) is 9.08. The van der Waals surface area contributed by atoms with E-state index >= 15 is 0 Å². The fourth-order valence-corrected chi connectivity index (χ4v) is 0.450. The van der Waals surface area contributed by atoms with Gasteiger partial charge in [0.2, 0.25) is 0 Å². The molecule has 2 nitrogen and oxygen atoms in total. The van der Waals surface area contributed by atoms with Gasteiger partial charge in [-0.3, -0.25) is 0 Å². The van der Waals surface area contributed by atoms with Crippen molar-refractivity contribution >= 4 is 37.7 Å². The molecule has 0 heterocycles. The molecular formula is C5H4CaF6O2. The van der Waals surface area contributed by atoms with Crippen LogP contribution in [0.1, 0.15) is 6.92 Å². The van der Waals surface area contributed by atoms with Crippen LogP contribution in [0.15, 0.2) is 0 Å². The van der Waals surface area contributed by atoms with Gasteiger partial charge in [-0.2, -0.15) is 13.2 Å². The first kappa shape index (κ1) is 17.2. The first-order valence-electron chi connectivity index (χ1n) is 2.94. The maximum absolute atomic E-state index is 12.1. The molecule has 2 atom stereocenters. The Morgan fingerprint density at radius 2 is 1.29 bits per heavy atom. The summed E-state index contributed by atoms with van der Waals surface area (Å²) in [4.78, 5) is 0. The van der Waals surface area contributed by atoms with Crippen LogP contribution in [0, 0.1) is 0 Å². The minimum atomic E-state index is -6.31. The zero-order valence-electron chi connectivity index (χ0n) is 6.87. The molecular weight excluding hydrogens is 246 g/mol. The Morgan fingerprint density at radius 1 is 1.00 bits per heavy atom. The van der Waals surface area contributed by atoms with Gasteiger partial charge >= 0.3 is 43.9 Å². The SMILES string of the molecule is CC([O-])C(F)(F)C([O-])(F)C(F)(F)F.[Ca+2]. The summed E-state index contributed by atoms with van der Waals surface area (Å²) in [5, 5.41) is 19.8. The molecule has 0 aromatic rings. The smallest absolute Gasteiger partial charge is 0.848 e. The van der Waals surface area contributed by atoms with Crippen molar-refractivity contribution < 1.29 is 36.6 Å². The maximum atomic E-state index is 12.1. The van der Waals surface area contributed by atoms with Crippen LogP contribution in [0.2, 0.25) is 0 Å². The van der Waals surface area contributed by atoms with Gasteiger partial charge in [-0.25, -0.2) is 13.2 Å². The maximum Gasteiger partial charge on any atom is 2.00 e. The van der Waals surface area contributed by atoms with E-state index in [4.69, 9.17) is 0 Å². The second-order valence-electron chi connectivity index (χ2n) is 2.36. The van der Waals surface area contributed by atoms with Crippen molar-refractivity contribution in [3.05, 3.63) is 0 Å². The molecule has 0 rings (SSSR count). The molecule has 2 unspecified atom stereocenters. The molecule has 0 saturated heterocycles. The molecule has 0 radical (unpaired) electrons. The van der Waals surface area contributed by atoms with Crippen LogP contribution in [0.25, 0.3) is 0 Å². The fourth-order valence-electron chi connectivity index (χ4n) is 0.450. The quantitative estimate of drug-likeness (QED) is 0.493. The molecule has 0 aromatic heterocycles. The summed E-state index contributed by atoms with van der Waals surface area (Å²) in [6, 6.07) is 0. The van der Waals surface area contributed by atoms with Gasteiger partial charge in [0.05, 0.1) is 0 Å². The Morgan fingerprint density at radius 3 is 1.36 bits per heavy atom. The third-order valence-corrected chi connectivity index (χ3v) is 1.30. The first-order valence-corrected chi connectivity index (χ1v) is 2.94. The van der Waals surface area contributed by atoms with E-state index in [1.807, 2.05) is 0 Å². The Hall–Kier alpha value is 0.760. The molecule has 0 aliphatic rings. The summed E-state index contributed by atoms with van der Waals surface area (Å²) in [5.74, 6) is -11.6. The third kappa shape index (κ3) is 2.88. The van der Waals surface area contributed by atoms with E-state index in [2.05, 4.69) is 0 Å². The minimum Gasteiger partial charge on any atom is -0.848 e. The van der Waals surface area contributed by atoms with E-state index in [1.54, 1.807) is 0 Å². The predicted octanol–water partition coefficient (Wildman–Crippen LogP) is -0.422. The van der Waals surface area contributed by atoms with Gasteiger partial charge in [0.25, 0.3) is 5.92 Å². The Kier molecular flexibility index (Phi) is 5.80.